The third kappa shape index (κ3) is 0.830. The van der Waals surface area contributed by atoms with E-state index in [2.05, 4.69) is 35.9 Å². The average molecular weight is 148 g/mol. The van der Waals surface area contributed by atoms with Crippen LogP contribution in [-0.4, -0.2) is 0 Å². The molecule has 0 radical (unpaired) electrons. The van der Waals surface area contributed by atoms with E-state index < -0.39 is 0 Å². The van der Waals surface area contributed by atoms with E-state index in [0.717, 1.165) is 0 Å². The van der Waals surface area contributed by atoms with Crippen molar-refractivity contribution in [1.29, 1.82) is 0 Å². The van der Waals surface area contributed by atoms with Crippen LogP contribution in [0, 0.1) is 6.92 Å². The first-order valence-electron chi connectivity index (χ1n) is 3.29. The van der Waals surface area contributed by atoms with Crippen molar-refractivity contribution in [2.45, 2.75) is 6.92 Å². The van der Waals surface area contributed by atoms with Crippen LogP contribution in [0.1, 0.15) is 5.56 Å². The molecule has 2 aromatic rings. The van der Waals surface area contributed by atoms with Crippen LogP contribution in [0.3, 0.4) is 0 Å². The van der Waals surface area contributed by atoms with Crippen LogP contribution >= 0.6 is 11.3 Å². The summed E-state index contributed by atoms with van der Waals surface area (Å²) in [5.74, 6) is 0. The molecule has 1 heteroatoms. The van der Waals surface area contributed by atoms with Crippen LogP contribution in [0.2, 0.25) is 0 Å². The molecule has 1 aromatic carbocycles. The lowest BCUT2D eigenvalue weighted by Gasteiger charge is -1.90. The van der Waals surface area contributed by atoms with E-state index in [4.69, 9.17) is 0 Å². The molecule has 0 bridgehead atoms. The van der Waals surface area contributed by atoms with Crippen LogP contribution in [0.25, 0.3) is 10.8 Å². The van der Waals surface area contributed by atoms with Gasteiger partial charge in [0.1, 0.15) is 0 Å². The van der Waals surface area contributed by atoms with E-state index in [9.17, 15) is 0 Å². The highest BCUT2D eigenvalue weighted by Gasteiger charge is 1.91. The number of rotatable bonds is 0. The summed E-state index contributed by atoms with van der Waals surface area (Å²) in [4.78, 5) is 0. The van der Waals surface area contributed by atoms with Gasteiger partial charge in [-0.15, -0.1) is 0 Å². The second kappa shape index (κ2) is 2.10. The zero-order chi connectivity index (χ0) is 6.97. The molecule has 1 heterocycles. The number of aryl methyl sites for hydroxylation is 1. The van der Waals surface area contributed by atoms with Gasteiger partial charge < -0.3 is 0 Å². The van der Waals surface area contributed by atoms with Crippen LogP contribution in [0.4, 0.5) is 0 Å². The molecular weight excluding hydrogens is 140 g/mol. The van der Waals surface area contributed by atoms with Crippen molar-refractivity contribution < 1.29 is 0 Å². The van der Waals surface area contributed by atoms with Gasteiger partial charge in [-0.25, -0.2) is 0 Å². The number of hydrogen-bond donors (Lipinski definition) is 0. The van der Waals surface area contributed by atoms with Crippen LogP contribution < -0.4 is 0 Å². The van der Waals surface area contributed by atoms with E-state index in [-0.39, 0.29) is 0 Å². The third-order valence-electron chi connectivity index (χ3n) is 1.63. The van der Waals surface area contributed by atoms with Gasteiger partial charge in [-0.05, 0) is 28.5 Å². The molecule has 0 spiro atoms. The molecule has 0 fully saturated rings. The lowest BCUT2D eigenvalue weighted by Crippen LogP contribution is -1.67. The van der Waals surface area contributed by atoms with Crippen LogP contribution in [0.5, 0.6) is 0 Å². The molecule has 0 aliphatic heterocycles. The maximum Gasteiger partial charge on any atom is -0.00144 e. The minimum absolute atomic E-state index is 1.34. The zero-order valence-corrected chi connectivity index (χ0v) is 6.61. The smallest absolute Gasteiger partial charge is 0.00144 e. The molecule has 2 rings (SSSR count). The molecule has 0 N–H and O–H groups in total. The highest BCUT2D eigenvalue weighted by molar-refractivity contribution is 7.09. The first kappa shape index (κ1) is 5.93. The summed E-state index contributed by atoms with van der Waals surface area (Å²) < 4.78 is 0. The van der Waals surface area contributed by atoms with Gasteiger partial charge in [0.15, 0.2) is 0 Å². The molecule has 10 heavy (non-hydrogen) atoms. The first-order chi connectivity index (χ1) is 4.86. The van der Waals surface area contributed by atoms with Gasteiger partial charge in [0.2, 0.25) is 0 Å². The summed E-state index contributed by atoms with van der Waals surface area (Å²) in [6.07, 6.45) is 0. The van der Waals surface area contributed by atoms with Gasteiger partial charge in [-0.1, -0.05) is 23.8 Å². The fourth-order valence-corrected chi connectivity index (χ4v) is 1.86. The molecule has 0 nitrogen and oxygen atoms in total. The SMILES string of the molecule is Cc1ccc2cscc2c1. The molecule has 0 amide bonds. The van der Waals surface area contributed by atoms with Crippen molar-refractivity contribution in [3.63, 3.8) is 0 Å². The Morgan fingerprint density at radius 1 is 1.10 bits per heavy atom. The Balaban J connectivity index is 2.86. The summed E-state index contributed by atoms with van der Waals surface area (Å²) >= 11 is 1.76. The molecule has 0 aliphatic carbocycles. The maximum absolute atomic E-state index is 2.21. The van der Waals surface area contributed by atoms with E-state index in [0.29, 0.717) is 0 Å². The van der Waals surface area contributed by atoms with E-state index in [1.165, 1.54) is 16.3 Å². The number of benzene rings is 1. The predicted octanol–water partition coefficient (Wildman–Crippen LogP) is 3.21. The van der Waals surface area contributed by atoms with Crippen molar-refractivity contribution in [2.75, 3.05) is 0 Å². The lowest BCUT2D eigenvalue weighted by molar-refractivity contribution is 1.51. The average Bonchev–Trinajstić information content (AvgIpc) is 2.33. The molecule has 0 unspecified atom stereocenters. The minimum atomic E-state index is 1.34. The van der Waals surface area contributed by atoms with Crippen molar-refractivity contribution >= 4 is 22.1 Å². The normalized spacial score (nSPS) is 10.5. The largest absolute Gasteiger partial charge is 0.151 e. The number of thiophene rings is 1. The predicted molar refractivity (Wildman–Crippen MR) is 46.6 cm³/mol. The number of hydrogen-bond acceptors (Lipinski definition) is 1. The number of fused-ring (bicyclic) bond motifs is 1. The van der Waals surface area contributed by atoms with E-state index in [1.54, 1.807) is 11.3 Å². The van der Waals surface area contributed by atoms with E-state index >= 15 is 0 Å². The minimum Gasteiger partial charge on any atom is -0.151 e. The zero-order valence-electron chi connectivity index (χ0n) is 5.79. The standard InChI is InChI=1S/C9H8S/c1-7-2-3-8-5-10-6-9(8)4-7/h2-6H,1H3. The van der Waals surface area contributed by atoms with Gasteiger partial charge in [-0.2, -0.15) is 11.3 Å². The molecular formula is C9H8S. The molecule has 0 atom stereocenters. The van der Waals surface area contributed by atoms with Crippen LogP contribution in [0.15, 0.2) is 29.0 Å². The second-order valence-electron chi connectivity index (χ2n) is 2.50. The van der Waals surface area contributed by atoms with Crippen molar-refractivity contribution in [3.05, 3.63) is 34.5 Å². The topological polar surface area (TPSA) is 0 Å². The highest BCUT2D eigenvalue weighted by Crippen LogP contribution is 2.19. The summed E-state index contributed by atoms with van der Waals surface area (Å²) in [7, 11) is 0. The van der Waals surface area contributed by atoms with Crippen molar-refractivity contribution in [1.82, 2.24) is 0 Å². The molecule has 0 aliphatic rings. The highest BCUT2D eigenvalue weighted by atomic mass is 32.1. The Morgan fingerprint density at radius 2 is 1.90 bits per heavy atom. The fraction of sp³-hybridized carbons (Fsp3) is 0.111. The Labute approximate surface area is 64.1 Å². The monoisotopic (exact) mass is 148 g/mol. The fourth-order valence-electron chi connectivity index (χ4n) is 1.08. The Hall–Kier alpha value is -0.820. The Kier molecular flexibility index (Phi) is 1.24. The van der Waals surface area contributed by atoms with Gasteiger partial charge in [0.25, 0.3) is 0 Å². The quantitative estimate of drug-likeness (QED) is 0.538. The van der Waals surface area contributed by atoms with E-state index in [1.807, 2.05) is 0 Å². The first-order valence-corrected chi connectivity index (χ1v) is 4.23. The molecule has 0 saturated carbocycles. The lowest BCUT2D eigenvalue weighted by atomic mass is 10.1. The summed E-state index contributed by atoms with van der Waals surface area (Å²) in [6, 6.07) is 6.53. The second-order valence-corrected chi connectivity index (χ2v) is 3.25. The summed E-state index contributed by atoms with van der Waals surface area (Å²) in [5.41, 5.74) is 1.34. The molecule has 0 saturated heterocycles. The Morgan fingerprint density at radius 3 is 2.80 bits per heavy atom. The van der Waals surface area contributed by atoms with Crippen molar-refractivity contribution in [2.24, 2.45) is 0 Å². The van der Waals surface area contributed by atoms with Gasteiger partial charge in [0.05, 0.1) is 0 Å². The summed E-state index contributed by atoms with van der Waals surface area (Å²) in [5, 5.41) is 7.08. The van der Waals surface area contributed by atoms with Crippen molar-refractivity contribution in [3.8, 4) is 0 Å². The third-order valence-corrected chi connectivity index (χ3v) is 2.41. The van der Waals surface area contributed by atoms with Gasteiger partial charge >= 0.3 is 0 Å². The summed E-state index contributed by atoms with van der Waals surface area (Å²) in [6.45, 7) is 2.12. The maximum atomic E-state index is 2.21. The molecule has 1 aromatic heterocycles. The van der Waals surface area contributed by atoms with Gasteiger partial charge in [-0.3, -0.25) is 0 Å². The van der Waals surface area contributed by atoms with Gasteiger partial charge in [0, 0.05) is 0 Å². The molecule has 50 valence electrons. The van der Waals surface area contributed by atoms with Crippen LogP contribution in [-0.2, 0) is 0 Å². The Bertz CT molecular complexity index is 346.